The molecule has 5 rings (SSSR count). The van der Waals surface area contributed by atoms with Crippen molar-refractivity contribution in [1.82, 2.24) is 14.7 Å². The Bertz CT molecular complexity index is 1560. The summed E-state index contributed by atoms with van der Waals surface area (Å²) in [6.45, 7) is 4.35. The number of amides is 2. The molecule has 210 valence electrons. The Morgan fingerprint density at radius 2 is 1.85 bits per heavy atom. The second-order valence-electron chi connectivity index (χ2n) is 10.5. The van der Waals surface area contributed by atoms with Crippen LogP contribution in [0.2, 0.25) is 5.02 Å². The summed E-state index contributed by atoms with van der Waals surface area (Å²) in [5, 5.41) is 15.2. The van der Waals surface area contributed by atoms with Crippen LogP contribution in [0.3, 0.4) is 0 Å². The van der Waals surface area contributed by atoms with Crippen molar-refractivity contribution in [3.63, 3.8) is 0 Å². The molecule has 41 heavy (non-hydrogen) atoms. The molecule has 2 aromatic carbocycles. The molecule has 3 aromatic rings. The molecule has 0 saturated heterocycles. The SMILES string of the molecule is CCCCOc1ccc(-c2nn(-c3ccccc3)cc2/C=C2/C(=O)N(C3CCCCC3)C(=O)C(C#N)=C2C)cc1Cl. The molecule has 1 aliphatic heterocycles. The van der Waals surface area contributed by atoms with Gasteiger partial charge in [-0.3, -0.25) is 14.5 Å². The minimum Gasteiger partial charge on any atom is -0.492 e. The van der Waals surface area contributed by atoms with Gasteiger partial charge in [0.05, 0.1) is 17.3 Å². The zero-order valence-corrected chi connectivity index (χ0v) is 24.2. The highest BCUT2D eigenvalue weighted by atomic mass is 35.5. The van der Waals surface area contributed by atoms with Crippen LogP contribution in [-0.4, -0.2) is 39.1 Å². The highest BCUT2D eigenvalue weighted by Crippen LogP contribution is 2.36. The Labute approximate surface area is 245 Å². The maximum atomic E-state index is 13.9. The summed E-state index contributed by atoms with van der Waals surface area (Å²) < 4.78 is 7.59. The Kier molecular flexibility index (Phi) is 8.70. The lowest BCUT2D eigenvalue weighted by Gasteiger charge is -2.36. The van der Waals surface area contributed by atoms with E-state index in [1.807, 2.05) is 54.7 Å². The molecular formula is C33H33ClN4O3. The van der Waals surface area contributed by atoms with Crippen molar-refractivity contribution in [3.8, 4) is 28.8 Å². The van der Waals surface area contributed by atoms with Crippen LogP contribution in [0, 0.1) is 11.3 Å². The molecule has 1 aliphatic carbocycles. The van der Waals surface area contributed by atoms with Crippen LogP contribution in [0.15, 0.2) is 71.4 Å². The first kappa shape index (κ1) is 28.4. The van der Waals surface area contributed by atoms with E-state index in [-0.39, 0.29) is 17.5 Å². The predicted octanol–water partition coefficient (Wildman–Crippen LogP) is 7.30. The van der Waals surface area contributed by atoms with E-state index >= 15 is 0 Å². The summed E-state index contributed by atoms with van der Waals surface area (Å²) in [6.07, 6.45) is 10.1. The largest absolute Gasteiger partial charge is 0.492 e. The number of para-hydroxylation sites is 1. The Balaban J connectivity index is 1.62. The molecule has 2 aliphatic rings. The van der Waals surface area contributed by atoms with Crippen molar-refractivity contribution < 1.29 is 14.3 Å². The minimum atomic E-state index is -0.496. The van der Waals surface area contributed by atoms with Gasteiger partial charge in [-0.1, -0.05) is 62.4 Å². The van der Waals surface area contributed by atoms with Crippen LogP contribution in [0.1, 0.15) is 64.4 Å². The minimum absolute atomic E-state index is 0.00931. The average molecular weight is 569 g/mol. The van der Waals surface area contributed by atoms with Gasteiger partial charge in [-0.15, -0.1) is 0 Å². The summed E-state index contributed by atoms with van der Waals surface area (Å²) in [5.74, 6) is -0.257. The van der Waals surface area contributed by atoms with E-state index in [1.165, 1.54) is 4.90 Å². The topological polar surface area (TPSA) is 88.2 Å². The van der Waals surface area contributed by atoms with Crippen LogP contribution in [0.4, 0.5) is 0 Å². The van der Waals surface area contributed by atoms with E-state index in [0.29, 0.717) is 39.8 Å². The zero-order chi connectivity index (χ0) is 28.9. The molecule has 0 N–H and O–H groups in total. The van der Waals surface area contributed by atoms with E-state index in [1.54, 1.807) is 17.7 Å². The first-order valence-corrected chi connectivity index (χ1v) is 14.6. The molecule has 1 saturated carbocycles. The maximum absolute atomic E-state index is 13.9. The molecule has 0 spiro atoms. The standard InChI is InChI=1S/C33H33ClN4O3/c1-3-4-17-41-30-16-15-23(19-29(30)34)31-24(21-37(36-31)25-11-7-5-8-12-25)18-27-22(2)28(20-35)33(40)38(32(27)39)26-13-9-6-10-14-26/h5,7-8,11-12,15-16,18-19,21,26H,3-4,6,9-10,13-14,17H2,1-2H3/b27-18+. The number of imide groups is 1. The van der Waals surface area contributed by atoms with Gasteiger partial charge in [0.1, 0.15) is 23.1 Å². The third kappa shape index (κ3) is 5.84. The van der Waals surface area contributed by atoms with Crippen LogP contribution in [0.5, 0.6) is 5.75 Å². The summed E-state index contributed by atoms with van der Waals surface area (Å²) in [7, 11) is 0. The fourth-order valence-electron chi connectivity index (χ4n) is 5.45. The second kappa shape index (κ2) is 12.6. The fraction of sp³-hybridized carbons (Fsp3) is 0.333. The van der Waals surface area contributed by atoms with Gasteiger partial charge in [0.15, 0.2) is 0 Å². The number of carbonyl (C=O) groups is 2. The van der Waals surface area contributed by atoms with Crippen molar-refractivity contribution in [2.45, 2.75) is 64.8 Å². The third-order valence-electron chi connectivity index (χ3n) is 7.74. The van der Waals surface area contributed by atoms with Crippen molar-refractivity contribution >= 4 is 29.5 Å². The number of benzene rings is 2. The highest BCUT2D eigenvalue weighted by Gasteiger charge is 2.40. The van der Waals surface area contributed by atoms with Crippen molar-refractivity contribution in [3.05, 3.63) is 82.0 Å². The monoisotopic (exact) mass is 568 g/mol. The number of hydrogen-bond donors (Lipinski definition) is 0. The molecule has 2 heterocycles. The number of rotatable bonds is 8. The van der Waals surface area contributed by atoms with Gasteiger partial charge in [-0.05, 0) is 68.2 Å². The molecule has 0 radical (unpaired) electrons. The van der Waals surface area contributed by atoms with E-state index in [0.717, 1.165) is 56.2 Å². The lowest BCUT2D eigenvalue weighted by Crippen LogP contribution is -2.49. The van der Waals surface area contributed by atoms with Gasteiger partial charge in [-0.2, -0.15) is 10.4 Å². The second-order valence-corrected chi connectivity index (χ2v) is 10.9. The maximum Gasteiger partial charge on any atom is 0.271 e. The number of carbonyl (C=O) groups excluding carboxylic acids is 2. The molecule has 0 bridgehead atoms. The molecular weight excluding hydrogens is 536 g/mol. The van der Waals surface area contributed by atoms with Gasteiger partial charge in [0.25, 0.3) is 11.8 Å². The number of aromatic nitrogens is 2. The number of nitriles is 1. The summed E-state index contributed by atoms with van der Waals surface area (Å²) in [4.78, 5) is 28.5. The quantitative estimate of drug-likeness (QED) is 0.162. The van der Waals surface area contributed by atoms with Gasteiger partial charge >= 0.3 is 0 Å². The normalized spacial score (nSPS) is 17.3. The lowest BCUT2D eigenvalue weighted by atomic mass is 9.88. The third-order valence-corrected chi connectivity index (χ3v) is 8.03. The lowest BCUT2D eigenvalue weighted by molar-refractivity contribution is -0.143. The first-order chi connectivity index (χ1) is 19.9. The van der Waals surface area contributed by atoms with E-state index in [2.05, 4.69) is 13.0 Å². The van der Waals surface area contributed by atoms with Crippen LogP contribution in [0.25, 0.3) is 23.0 Å². The highest BCUT2D eigenvalue weighted by molar-refractivity contribution is 6.32. The Morgan fingerprint density at radius 3 is 2.54 bits per heavy atom. The van der Waals surface area contributed by atoms with Crippen molar-refractivity contribution in [2.75, 3.05) is 6.61 Å². The fourth-order valence-corrected chi connectivity index (χ4v) is 5.68. The molecule has 1 aromatic heterocycles. The smallest absolute Gasteiger partial charge is 0.271 e. The Morgan fingerprint density at radius 1 is 1.10 bits per heavy atom. The average Bonchev–Trinajstić information content (AvgIpc) is 3.41. The van der Waals surface area contributed by atoms with Gasteiger partial charge in [0.2, 0.25) is 0 Å². The van der Waals surface area contributed by atoms with E-state index < -0.39 is 5.91 Å². The number of ether oxygens (including phenoxy) is 1. The molecule has 8 heteroatoms. The number of unbranched alkanes of at least 4 members (excludes halogenated alkanes) is 1. The number of nitrogens with zero attached hydrogens (tertiary/aromatic N) is 4. The Hall–Kier alpha value is -4.15. The zero-order valence-electron chi connectivity index (χ0n) is 23.4. The molecule has 1 fully saturated rings. The predicted molar refractivity (Wildman–Crippen MR) is 159 cm³/mol. The molecule has 2 amide bonds. The van der Waals surface area contributed by atoms with Crippen LogP contribution in [-0.2, 0) is 9.59 Å². The van der Waals surface area contributed by atoms with Gasteiger partial charge in [0, 0.05) is 28.9 Å². The summed E-state index contributed by atoms with van der Waals surface area (Å²) >= 11 is 6.61. The van der Waals surface area contributed by atoms with E-state index in [4.69, 9.17) is 21.4 Å². The summed E-state index contributed by atoms with van der Waals surface area (Å²) in [5.41, 5.74) is 3.60. The van der Waals surface area contributed by atoms with Gasteiger partial charge in [-0.25, -0.2) is 4.68 Å². The molecule has 0 atom stereocenters. The van der Waals surface area contributed by atoms with Crippen molar-refractivity contribution in [1.29, 1.82) is 5.26 Å². The number of halogens is 1. The van der Waals surface area contributed by atoms with Crippen LogP contribution >= 0.6 is 11.6 Å². The van der Waals surface area contributed by atoms with E-state index in [9.17, 15) is 14.9 Å². The van der Waals surface area contributed by atoms with Crippen LogP contribution < -0.4 is 4.74 Å². The number of hydrogen-bond acceptors (Lipinski definition) is 5. The molecule has 0 unspecified atom stereocenters. The van der Waals surface area contributed by atoms with Gasteiger partial charge < -0.3 is 4.74 Å². The summed E-state index contributed by atoms with van der Waals surface area (Å²) in [6, 6.07) is 17.1. The first-order valence-electron chi connectivity index (χ1n) is 14.2. The molecule has 7 nitrogen and oxygen atoms in total. The van der Waals surface area contributed by atoms with Crippen molar-refractivity contribution in [2.24, 2.45) is 0 Å².